The van der Waals surface area contributed by atoms with E-state index in [4.69, 9.17) is 0 Å². The second-order valence-corrected chi connectivity index (χ2v) is 18.8. The first-order chi connectivity index (χ1) is 25.1. The standard InChI is InChI=1S/C42H23NO6S3/c44-50(45)36-10-4-1-7-29(36)31-17-14-25(22-39(31)50)24-13-16-28-33-20-19-27(26-15-18-32-30-8-2-5-11-37(30)51(46,47)40(32)23-26)41-34-9-3-6-12-38(34)52(48,49)43(42(33)41)35(28)21-24/h1-23H. The highest BCUT2D eigenvalue weighted by molar-refractivity contribution is 7.92. The minimum Gasteiger partial charge on any atom is -0.233 e. The Hall–Kier alpha value is -5.81. The molecule has 1 aromatic heterocycles. The summed E-state index contributed by atoms with van der Waals surface area (Å²) in [4.78, 5) is 1.14. The molecule has 0 amide bonds. The highest BCUT2D eigenvalue weighted by atomic mass is 32.2. The summed E-state index contributed by atoms with van der Waals surface area (Å²) in [5.74, 6) is 0. The molecule has 0 fully saturated rings. The number of fused-ring (bicyclic) bond motifs is 11. The van der Waals surface area contributed by atoms with Crippen molar-refractivity contribution in [1.82, 2.24) is 3.97 Å². The minimum absolute atomic E-state index is 0.140. The van der Waals surface area contributed by atoms with Crippen molar-refractivity contribution in [3.8, 4) is 55.6 Å². The molecule has 7 aromatic carbocycles. The second kappa shape index (κ2) is 9.74. The smallest absolute Gasteiger partial charge is 0.233 e. The monoisotopic (exact) mass is 733 g/mol. The zero-order chi connectivity index (χ0) is 35.3. The van der Waals surface area contributed by atoms with E-state index < -0.39 is 29.7 Å². The van der Waals surface area contributed by atoms with Crippen molar-refractivity contribution in [3.05, 3.63) is 140 Å². The molecule has 0 unspecified atom stereocenters. The zero-order valence-electron chi connectivity index (χ0n) is 26.9. The molecule has 0 radical (unpaired) electrons. The fourth-order valence-electron chi connectivity index (χ4n) is 8.37. The maximum Gasteiger partial charge on any atom is 0.269 e. The lowest BCUT2D eigenvalue weighted by Gasteiger charge is -2.23. The number of aromatic nitrogens is 1. The number of hydrogen-bond donors (Lipinski definition) is 0. The predicted octanol–water partition coefficient (Wildman–Crippen LogP) is 8.97. The van der Waals surface area contributed by atoms with Crippen LogP contribution in [0, 0.1) is 0 Å². The molecule has 0 atom stereocenters. The van der Waals surface area contributed by atoms with Gasteiger partial charge in [-0.05, 0) is 58.7 Å². The van der Waals surface area contributed by atoms with E-state index >= 15 is 0 Å². The topological polar surface area (TPSA) is 107 Å². The second-order valence-electron chi connectivity index (χ2n) is 13.3. The van der Waals surface area contributed by atoms with Gasteiger partial charge in [-0.3, -0.25) is 0 Å². The zero-order valence-corrected chi connectivity index (χ0v) is 29.3. The molecule has 0 aliphatic carbocycles. The Kier molecular flexibility index (Phi) is 5.60. The van der Waals surface area contributed by atoms with Crippen molar-refractivity contribution >= 4 is 51.5 Å². The maximum absolute atomic E-state index is 14.6. The summed E-state index contributed by atoms with van der Waals surface area (Å²) < 4.78 is 85.0. The Balaban J connectivity index is 1.16. The van der Waals surface area contributed by atoms with Crippen LogP contribution >= 0.6 is 0 Å². The summed E-state index contributed by atoms with van der Waals surface area (Å²) in [6.45, 7) is 0. The molecule has 3 aliphatic heterocycles. The molecule has 0 bridgehead atoms. The quantitative estimate of drug-likeness (QED) is 0.176. The summed E-state index contributed by atoms with van der Waals surface area (Å²) >= 11 is 0. The van der Waals surface area contributed by atoms with Crippen molar-refractivity contribution in [1.29, 1.82) is 0 Å². The van der Waals surface area contributed by atoms with Gasteiger partial charge >= 0.3 is 0 Å². The third-order valence-electron chi connectivity index (χ3n) is 10.7. The molecule has 52 heavy (non-hydrogen) atoms. The van der Waals surface area contributed by atoms with Gasteiger partial charge in [-0.1, -0.05) is 103 Å². The summed E-state index contributed by atoms with van der Waals surface area (Å²) in [7, 11) is -11.6. The lowest BCUT2D eigenvalue weighted by molar-refractivity contribution is 0.589. The van der Waals surface area contributed by atoms with Crippen molar-refractivity contribution in [2.24, 2.45) is 0 Å². The van der Waals surface area contributed by atoms with E-state index in [1.165, 1.54) is 3.97 Å². The highest BCUT2D eigenvalue weighted by Crippen LogP contribution is 2.51. The molecule has 10 heteroatoms. The Morgan fingerprint density at radius 2 is 0.827 bits per heavy atom. The van der Waals surface area contributed by atoms with Gasteiger partial charge in [-0.25, -0.2) is 29.2 Å². The molecule has 0 spiro atoms. The Morgan fingerprint density at radius 1 is 0.365 bits per heavy atom. The summed E-state index contributed by atoms with van der Waals surface area (Å²) in [5.41, 5.74) is 7.47. The first-order valence-electron chi connectivity index (χ1n) is 16.5. The van der Waals surface area contributed by atoms with Crippen LogP contribution in [0.2, 0.25) is 0 Å². The van der Waals surface area contributed by atoms with E-state index in [1.54, 1.807) is 72.8 Å². The van der Waals surface area contributed by atoms with Gasteiger partial charge in [0, 0.05) is 44.2 Å². The molecule has 0 saturated carbocycles. The van der Waals surface area contributed by atoms with Gasteiger partial charge in [0.05, 0.1) is 35.5 Å². The van der Waals surface area contributed by atoms with Crippen molar-refractivity contribution in [2.45, 2.75) is 24.5 Å². The number of nitrogens with zero attached hydrogens (tertiary/aromatic N) is 1. The van der Waals surface area contributed by atoms with Crippen LogP contribution in [-0.2, 0) is 29.7 Å². The van der Waals surface area contributed by atoms with Crippen LogP contribution < -0.4 is 0 Å². The highest BCUT2D eigenvalue weighted by Gasteiger charge is 2.37. The lowest BCUT2D eigenvalue weighted by Crippen LogP contribution is -2.18. The van der Waals surface area contributed by atoms with Gasteiger partial charge in [0.15, 0.2) is 0 Å². The van der Waals surface area contributed by atoms with E-state index in [-0.39, 0.29) is 24.5 Å². The Bertz CT molecular complexity index is 3340. The molecule has 11 rings (SSSR count). The van der Waals surface area contributed by atoms with E-state index in [9.17, 15) is 25.3 Å². The Morgan fingerprint density at radius 3 is 1.48 bits per heavy atom. The van der Waals surface area contributed by atoms with Gasteiger partial charge in [0.2, 0.25) is 19.7 Å². The largest absolute Gasteiger partial charge is 0.269 e. The fourth-order valence-corrected chi connectivity index (χ4v) is 13.5. The SMILES string of the molecule is O=S1(=O)c2ccccc2-c2ccc(-c3ccc4c5ccc(-c6ccc7c(c6)S(=O)(=O)c6ccccc6-7)c6c5n(c4c3)S(=O)(=O)c3ccccc3-6)cc21. The number of rotatable bonds is 2. The Labute approximate surface area is 298 Å². The average molecular weight is 734 g/mol. The summed E-state index contributed by atoms with van der Waals surface area (Å²) in [5, 5.41) is 1.45. The normalized spacial score (nSPS) is 16.2. The molecule has 0 saturated heterocycles. The molecule has 7 nitrogen and oxygen atoms in total. The number of sulfone groups is 2. The molecule has 4 heterocycles. The van der Waals surface area contributed by atoms with Crippen LogP contribution in [0.3, 0.4) is 0 Å². The van der Waals surface area contributed by atoms with Crippen LogP contribution in [0.15, 0.2) is 164 Å². The maximum atomic E-state index is 14.6. The first kappa shape index (κ1) is 29.9. The van der Waals surface area contributed by atoms with E-state index in [1.807, 2.05) is 66.7 Å². The van der Waals surface area contributed by atoms with Gasteiger partial charge in [0.1, 0.15) is 0 Å². The predicted molar refractivity (Wildman–Crippen MR) is 200 cm³/mol. The molecule has 250 valence electrons. The molecular formula is C42H23NO6S3. The van der Waals surface area contributed by atoms with E-state index in [0.717, 1.165) is 10.8 Å². The molecule has 8 aromatic rings. The molecule has 3 aliphatic rings. The summed E-state index contributed by atoms with van der Waals surface area (Å²) in [6.07, 6.45) is 0. The van der Waals surface area contributed by atoms with Gasteiger partial charge < -0.3 is 0 Å². The summed E-state index contributed by atoms with van der Waals surface area (Å²) in [6, 6.07) is 41.0. The van der Waals surface area contributed by atoms with Gasteiger partial charge in [-0.2, -0.15) is 0 Å². The number of benzene rings is 7. The van der Waals surface area contributed by atoms with Crippen molar-refractivity contribution in [2.75, 3.05) is 0 Å². The van der Waals surface area contributed by atoms with E-state index in [2.05, 4.69) is 0 Å². The lowest BCUT2D eigenvalue weighted by atomic mass is 9.91. The van der Waals surface area contributed by atoms with Crippen LogP contribution in [0.5, 0.6) is 0 Å². The third-order valence-corrected chi connectivity index (χ3v) is 16.2. The molecule has 0 N–H and O–H groups in total. The van der Waals surface area contributed by atoms with Crippen LogP contribution in [0.4, 0.5) is 0 Å². The number of hydrogen-bond acceptors (Lipinski definition) is 6. The minimum atomic E-state index is -4.09. The van der Waals surface area contributed by atoms with Gasteiger partial charge in [-0.15, -0.1) is 0 Å². The van der Waals surface area contributed by atoms with Gasteiger partial charge in [0.25, 0.3) is 10.0 Å². The average Bonchev–Trinajstić information content (AvgIpc) is 3.71. The van der Waals surface area contributed by atoms with E-state index in [0.29, 0.717) is 66.7 Å². The van der Waals surface area contributed by atoms with Crippen LogP contribution in [0.1, 0.15) is 0 Å². The van der Waals surface area contributed by atoms with Crippen molar-refractivity contribution < 1.29 is 25.3 Å². The third kappa shape index (κ3) is 3.61. The van der Waals surface area contributed by atoms with Crippen molar-refractivity contribution in [3.63, 3.8) is 0 Å². The van der Waals surface area contributed by atoms with Crippen LogP contribution in [-0.4, -0.2) is 29.2 Å². The molecular weight excluding hydrogens is 711 g/mol. The fraction of sp³-hybridized carbons (Fsp3) is 0. The first-order valence-corrected chi connectivity index (χ1v) is 20.9. The van der Waals surface area contributed by atoms with Crippen LogP contribution in [0.25, 0.3) is 77.4 Å².